The van der Waals surface area contributed by atoms with Crippen LogP contribution in [-0.2, 0) is 0 Å². The third kappa shape index (κ3) is 4.30. The first-order chi connectivity index (χ1) is 15.7. The molecule has 3 heterocycles. The van der Waals surface area contributed by atoms with Crippen molar-refractivity contribution in [3.05, 3.63) is 54.6 Å². The van der Waals surface area contributed by atoms with Gasteiger partial charge in [-0.15, -0.1) is 5.10 Å². The number of hydrogen-bond donors (Lipinski definition) is 2. The van der Waals surface area contributed by atoms with Crippen LogP contribution in [0.25, 0.3) is 16.7 Å². The standard InChI is InChI=1S/C22H23FN8O/c23-15-3-8-19-18(13-15)20(26-14-25-19)31-21(24)28-22(29-31)27-16-4-6-17(7-5-16)32-12-11-30-9-1-2-10-30/h3-8,13-14H,1-2,9-12H2,(H3,24,27,28,29). The molecule has 2 aromatic carbocycles. The molecule has 1 saturated heterocycles. The number of anilines is 3. The summed E-state index contributed by atoms with van der Waals surface area (Å²) in [6.07, 6.45) is 3.93. The van der Waals surface area contributed by atoms with E-state index in [4.69, 9.17) is 10.5 Å². The van der Waals surface area contributed by atoms with E-state index in [1.807, 2.05) is 24.3 Å². The van der Waals surface area contributed by atoms with Crippen LogP contribution in [0.2, 0.25) is 0 Å². The minimum atomic E-state index is -0.395. The zero-order valence-corrected chi connectivity index (χ0v) is 17.4. The molecule has 164 valence electrons. The Morgan fingerprint density at radius 1 is 1.06 bits per heavy atom. The molecule has 1 aliphatic heterocycles. The highest BCUT2D eigenvalue weighted by Gasteiger charge is 2.14. The summed E-state index contributed by atoms with van der Waals surface area (Å²) in [7, 11) is 0. The van der Waals surface area contributed by atoms with Gasteiger partial charge in [0, 0.05) is 17.6 Å². The monoisotopic (exact) mass is 434 g/mol. The number of hydrogen-bond acceptors (Lipinski definition) is 8. The zero-order chi connectivity index (χ0) is 21.9. The SMILES string of the molecule is Nc1nc(Nc2ccc(OCCN3CCCC3)cc2)nn1-c1ncnc2ccc(F)cc12. The summed E-state index contributed by atoms with van der Waals surface area (Å²) in [5.41, 5.74) is 7.43. The number of nitrogen functional groups attached to an aromatic ring is 1. The van der Waals surface area contributed by atoms with E-state index < -0.39 is 5.82 Å². The number of likely N-dealkylation sites (tertiary alicyclic amines) is 1. The molecule has 2 aromatic heterocycles. The molecule has 1 fully saturated rings. The predicted octanol–water partition coefficient (Wildman–Crippen LogP) is 3.15. The minimum absolute atomic E-state index is 0.124. The first kappa shape index (κ1) is 20.1. The van der Waals surface area contributed by atoms with Crippen LogP contribution in [0.1, 0.15) is 12.8 Å². The average molecular weight is 434 g/mol. The van der Waals surface area contributed by atoms with Crippen LogP contribution < -0.4 is 15.8 Å². The molecule has 0 spiro atoms. The van der Waals surface area contributed by atoms with Crippen molar-refractivity contribution in [3.63, 3.8) is 0 Å². The number of aromatic nitrogens is 5. The van der Waals surface area contributed by atoms with Gasteiger partial charge in [0.15, 0.2) is 5.82 Å². The fraction of sp³-hybridized carbons (Fsp3) is 0.273. The van der Waals surface area contributed by atoms with Crippen molar-refractivity contribution in [2.75, 3.05) is 37.3 Å². The molecule has 3 N–H and O–H groups in total. The number of nitrogens with one attached hydrogen (secondary N) is 1. The lowest BCUT2D eigenvalue weighted by Gasteiger charge is -2.15. The number of nitrogens with two attached hydrogens (primary N) is 1. The van der Waals surface area contributed by atoms with Crippen molar-refractivity contribution >= 4 is 28.5 Å². The number of benzene rings is 2. The smallest absolute Gasteiger partial charge is 0.248 e. The molecular formula is C22H23FN8O. The van der Waals surface area contributed by atoms with Gasteiger partial charge in [-0.3, -0.25) is 4.90 Å². The molecule has 32 heavy (non-hydrogen) atoms. The maximum absolute atomic E-state index is 13.8. The number of fused-ring (bicyclic) bond motifs is 1. The number of nitrogens with zero attached hydrogens (tertiary/aromatic N) is 6. The molecular weight excluding hydrogens is 411 g/mol. The lowest BCUT2D eigenvalue weighted by Crippen LogP contribution is -2.25. The van der Waals surface area contributed by atoms with Crippen LogP contribution >= 0.6 is 0 Å². The molecule has 0 amide bonds. The Kier molecular flexibility index (Phi) is 5.51. The molecule has 9 nitrogen and oxygen atoms in total. The fourth-order valence-corrected chi connectivity index (χ4v) is 3.78. The fourth-order valence-electron chi connectivity index (χ4n) is 3.78. The summed E-state index contributed by atoms with van der Waals surface area (Å²) >= 11 is 0. The first-order valence-corrected chi connectivity index (χ1v) is 10.5. The van der Waals surface area contributed by atoms with Crippen LogP contribution in [0.3, 0.4) is 0 Å². The van der Waals surface area contributed by atoms with Crippen LogP contribution in [0.15, 0.2) is 48.8 Å². The summed E-state index contributed by atoms with van der Waals surface area (Å²) < 4.78 is 21.0. The Hall–Kier alpha value is -3.79. The van der Waals surface area contributed by atoms with E-state index in [9.17, 15) is 4.39 Å². The van der Waals surface area contributed by atoms with Gasteiger partial charge in [0.05, 0.1) is 5.52 Å². The van der Waals surface area contributed by atoms with Gasteiger partial charge in [-0.05, 0) is 68.4 Å². The van der Waals surface area contributed by atoms with Gasteiger partial charge in [0.2, 0.25) is 11.9 Å². The lowest BCUT2D eigenvalue weighted by molar-refractivity contribution is 0.238. The Morgan fingerprint density at radius 2 is 1.88 bits per heavy atom. The van der Waals surface area contributed by atoms with Crippen molar-refractivity contribution in [1.29, 1.82) is 0 Å². The largest absolute Gasteiger partial charge is 0.492 e. The molecule has 1 aliphatic rings. The Bertz CT molecular complexity index is 1220. The van der Waals surface area contributed by atoms with E-state index in [1.54, 1.807) is 6.07 Å². The average Bonchev–Trinajstić information content (AvgIpc) is 3.44. The van der Waals surface area contributed by atoms with Crippen LogP contribution in [0.5, 0.6) is 5.75 Å². The molecule has 0 unspecified atom stereocenters. The molecule has 0 saturated carbocycles. The van der Waals surface area contributed by atoms with Crippen molar-refractivity contribution in [1.82, 2.24) is 29.6 Å². The summed E-state index contributed by atoms with van der Waals surface area (Å²) in [6.45, 7) is 3.94. The molecule has 0 bridgehead atoms. The summed E-state index contributed by atoms with van der Waals surface area (Å²) in [5.74, 6) is 1.19. The number of ether oxygens (including phenoxy) is 1. The van der Waals surface area contributed by atoms with Crippen molar-refractivity contribution in [2.45, 2.75) is 12.8 Å². The Labute approximate surface area is 184 Å². The first-order valence-electron chi connectivity index (χ1n) is 10.5. The van der Waals surface area contributed by atoms with Crippen molar-refractivity contribution in [2.24, 2.45) is 0 Å². The second-order valence-electron chi connectivity index (χ2n) is 7.61. The maximum Gasteiger partial charge on any atom is 0.248 e. The van der Waals surface area contributed by atoms with E-state index in [1.165, 1.54) is 36.0 Å². The van der Waals surface area contributed by atoms with Gasteiger partial charge < -0.3 is 15.8 Å². The number of halogens is 1. The van der Waals surface area contributed by atoms with E-state index in [2.05, 4.69) is 30.3 Å². The second kappa shape index (κ2) is 8.75. The van der Waals surface area contributed by atoms with Gasteiger partial charge in [-0.25, -0.2) is 14.4 Å². The third-order valence-corrected chi connectivity index (χ3v) is 5.39. The van der Waals surface area contributed by atoms with E-state index in [-0.39, 0.29) is 5.95 Å². The highest BCUT2D eigenvalue weighted by Crippen LogP contribution is 2.23. The summed E-state index contributed by atoms with van der Waals surface area (Å²) in [6, 6.07) is 11.8. The normalized spacial score (nSPS) is 14.2. The summed E-state index contributed by atoms with van der Waals surface area (Å²) in [4.78, 5) is 15.0. The lowest BCUT2D eigenvalue weighted by atomic mass is 10.2. The molecule has 0 aliphatic carbocycles. The topological polar surface area (TPSA) is 107 Å². The minimum Gasteiger partial charge on any atom is -0.492 e. The zero-order valence-electron chi connectivity index (χ0n) is 17.4. The van der Waals surface area contributed by atoms with Gasteiger partial charge in [0.1, 0.15) is 24.5 Å². The van der Waals surface area contributed by atoms with Gasteiger partial charge in [-0.1, -0.05) is 0 Å². The highest BCUT2D eigenvalue weighted by atomic mass is 19.1. The molecule has 4 aromatic rings. The van der Waals surface area contributed by atoms with Crippen LogP contribution in [0, 0.1) is 5.82 Å². The van der Waals surface area contributed by atoms with Crippen LogP contribution in [-0.4, -0.2) is 55.9 Å². The van der Waals surface area contributed by atoms with Gasteiger partial charge in [-0.2, -0.15) is 9.67 Å². The van der Waals surface area contributed by atoms with Crippen LogP contribution in [0.4, 0.5) is 22.0 Å². The summed E-state index contributed by atoms with van der Waals surface area (Å²) in [5, 5.41) is 8.00. The third-order valence-electron chi connectivity index (χ3n) is 5.39. The molecule has 0 radical (unpaired) electrons. The van der Waals surface area contributed by atoms with Crippen molar-refractivity contribution in [3.8, 4) is 11.6 Å². The second-order valence-corrected chi connectivity index (χ2v) is 7.61. The van der Waals surface area contributed by atoms with Crippen molar-refractivity contribution < 1.29 is 9.13 Å². The highest BCUT2D eigenvalue weighted by molar-refractivity contribution is 5.85. The predicted molar refractivity (Wildman–Crippen MR) is 120 cm³/mol. The quantitative estimate of drug-likeness (QED) is 0.457. The van der Waals surface area contributed by atoms with E-state index in [0.717, 1.165) is 31.1 Å². The Morgan fingerprint density at radius 3 is 2.69 bits per heavy atom. The van der Waals surface area contributed by atoms with E-state index >= 15 is 0 Å². The maximum atomic E-state index is 13.8. The Balaban J connectivity index is 1.28. The van der Waals surface area contributed by atoms with Gasteiger partial charge in [0.25, 0.3) is 0 Å². The molecule has 10 heteroatoms. The van der Waals surface area contributed by atoms with E-state index in [0.29, 0.717) is 29.3 Å². The molecule has 5 rings (SSSR count). The number of rotatable bonds is 7. The van der Waals surface area contributed by atoms with Gasteiger partial charge >= 0.3 is 0 Å². The molecule has 0 atom stereocenters.